The molecule has 2 aromatic rings. The van der Waals surface area contributed by atoms with Crippen molar-refractivity contribution in [3.8, 4) is 0 Å². The van der Waals surface area contributed by atoms with Gasteiger partial charge in [-0.15, -0.1) is 5.10 Å². The molecule has 1 aliphatic rings. The van der Waals surface area contributed by atoms with E-state index in [1.54, 1.807) is 0 Å². The summed E-state index contributed by atoms with van der Waals surface area (Å²) in [5.74, 6) is -0.176. The van der Waals surface area contributed by atoms with E-state index in [1.807, 2.05) is 42.8 Å². The van der Waals surface area contributed by atoms with Gasteiger partial charge in [0.25, 0.3) is 0 Å². The van der Waals surface area contributed by atoms with Crippen molar-refractivity contribution in [1.82, 2.24) is 30.5 Å². The van der Waals surface area contributed by atoms with E-state index in [-0.39, 0.29) is 18.2 Å². The zero-order valence-corrected chi connectivity index (χ0v) is 16.5. The molecular weight excluding hydrogens is 356 g/mol. The lowest BCUT2D eigenvalue weighted by Crippen LogP contribution is -2.56. The number of amides is 2. The number of aryl methyl sites for hydroxylation is 1. The van der Waals surface area contributed by atoms with Crippen molar-refractivity contribution in [2.75, 3.05) is 26.2 Å². The topological polar surface area (TPSA) is 92.2 Å². The summed E-state index contributed by atoms with van der Waals surface area (Å²) in [6.07, 6.45) is 3.01. The van der Waals surface area contributed by atoms with E-state index < -0.39 is 6.04 Å². The molecular formula is C20H28N6O2. The van der Waals surface area contributed by atoms with E-state index in [0.717, 1.165) is 24.0 Å². The van der Waals surface area contributed by atoms with Crippen LogP contribution in [0.2, 0.25) is 0 Å². The second-order valence-corrected chi connectivity index (χ2v) is 7.29. The van der Waals surface area contributed by atoms with Gasteiger partial charge in [-0.1, -0.05) is 29.0 Å². The van der Waals surface area contributed by atoms with E-state index in [2.05, 4.69) is 31.9 Å². The number of fused-ring (bicyclic) bond motifs is 1. The highest BCUT2D eigenvalue weighted by Crippen LogP contribution is 2.11. The monoisotopic (exact) mass is 384 g/mol. The first-order chi connectivity index (χ1) is 13.5. The maximum atomic E-state index is 12.3. The van der Waals surface area contributed by atoms with E-state index >= 15 is 0 Å². The first-order valence-electron chi connectivity index (χ1n) is 9.74. The van der Waals surface area contributed by atoms with Crippen molar-refractivity contribution in [2.45, 2.75) is 39.3 Å². The van der Waals surface area contributed by atoms with E-state index in [0.29, 0.717) is 26.2 Å². The molecule has 0 spiro atoms. The Hall–Kier alpha value is -2.74. The van der Waals surface area contributed by atoms with Crippen LogP contribution in [0.15, 0.2) is 35.9 Å². The number of benzene rings is 1. The zero-order chi connectivity index (χ0) is 19.9. The molecule has 2 N–H and O–H groups in total. The van der Waals surface area contributed by atoms with Gasteiger partial charge in [-0.2, -0.15) is 0 Å². The Morgan fingerprint density at radius 3 is 3.00 bits per heavy atom. The average Bonchev–Trinajstić information content (AvgIpc) is 3.09. The predicted molar refractivity (Wildman–Crippen MR) is 108 cm³/mol. The number of rotatable bonds is 8. The quantitative estimate of drug-likeness (QED) is 0.525. The van der Waals surface area contributed by atoms with Crippen LogP contribution < -0.4 is 10.6 Å². The Balaban J connectivity index is 1.46. The Morgan fingerprint density at radius 1 is 1.36 bits per heavy atom. The molecule has 1 atom stereocenters. The molecule has 0 radical (unpaired) electrons. The second kappa shape index (κ2) is 9.45. The maximum absolute atomic E-state index is 12.3. The van der Waals surface area contributed by atoms with Crippen molar-refractivity contribution < 1.29 is 9.59 Å². The van der Waals surface area contributed by atoms with Crippen molar-refractivity contribution >= 4 is 22.8 Å². The number of aromatic nitrogens is 3. The summed E-state index contributed by atoms with van der Waals surface area (Å²) in [5, 5.41) is 14.1. The van der Waals surface area contributed by atoms with Crippen LogP contribution in [0.3, 0.4) is 0 Å². The summed E-state index contributed by atoms with van der Waals surface area (Å²) in [5.41, 5.74) is 3.06. The molecule has 2 amide bonds. The highest BCUT2D eigenvalue weighted by atomic mass is 16.2. The zero-order valence-electron chi connectivity index (χ0n) is 16.5. The Kier molecular flexibility index (Phi) is 6.76. The molecule has 3 rings (SSSR count). The van der Waals surface area contributed by atoms with Crippen LogP contribution in [0.1, 0.15) is 26.7 Å². The van der Waals surface area contributed by atoms with Gasteiger partial charge in [0.05, 0.1) is 18.0 Å². The molecule has 0 saturated carbocycles. The number of carbonyl (C=O) groups excluding carboxylic acids is 2. The number of piperazine rings is 1. The summed E-state index contributed by atoms with van der Waals surface area (Å²) >= 11 is 0. The lowest BCUT2D eigenvalue weighted by Gasteiger charge is -2.34. The first kappa shape index (κ1) is 20.0. The average molecular weight is 384 g/mol. The highest BCUT2D eigenvalue weighted by Gasteiger charge is 2.30. The Labute approximate surface area is 165 Å². The molecule has 1 saturated heterocycles. The highest BCUT2D eigenvalue weighted by molar-refractivity contribution is 5.88. The molecule has 2 heterocycles. The van der Waals surface area contributed by atoms with Crippen LogP contribution in [0.5, 0.6) is 0 Å². The SMILES string of the molecule is CC(C)=CCN1CCNC(=O)C1CC(=O)NCCCn1nnc2ccccc21. The third-order valence-corrected chi connectivity index (χ3v) is 4.84. The smallest absolute Gasteiger partial charge is 0.237 e. The summed E-state index contributed by atoms with van der Waals surface area (Å²) in [4.78, 5) is 26.6. The van der Waals surface area contributed by atoms with E-state index in [9.17, 15) is 9.59 Å². The summed E-state index contributed by atoms with van der Waals surface area (Å²) in [6, 6.07) is 7.39. The molecule has 1 aromatic carbocycles. The van der Waals surface area contributed by atoms with Crippen LogP contribution in [0.25, 0.3) is 11.0 Å². The minimum atomic E-state index is -0.413. The van der Waals surface area contributed by atoms with Crippen LogP contribution in [0, 0.1) is 0 Å². The number of nitrogens with zero attached hydrogens (tertiary/aromatic N) is 4. The van der Waals surface area contributed by atoms with Crippen molar-refractivity contribution in [3.05, 3.63) is 35.9 Å². The molecule has 28 heavy (non-hydrogen) atoms. The number of carbonyl (C=O) groups is 2. The van der Waals surface area contributed by atoms with Crippen LogP contribution in [0.4, 0.5) is 0 Å². The molecule has 1 aromatic heterocycles. The van der Waals surface area contributed by atoms with Gasteiger partial charge >= 0.3 is 0 Å². The van der Waals surface area contributed by atoms with Gasteiger partial charge in [-0.25, -0.2) is 4.68 Å². The largest absolute Gasteiger partial charge is 0.356 e. The molecule has 1 aliphatic heterocycles. The molecule has 0 aliphatic carbocycles. The van der Waals surface area contributed by atoms with Gasteiger partial charge in [0.1, 0.15) is 5.52 Å². The Morgan fingerprint density at radius 2 is 2.18 bits per heavy atom. The molecule has 0 bridgehead atoms. The fourth-order valence-corrected chi connectivity index (χ4v) is 3.29. The van der Waals surface area contributed by atoms with Gasteiger partial charge in [0.15, 0.2) is 0 Å². The van der Waals surface area contributed by atoms with Crippen molar-refractivity contribution in [1.29, 1.82) is 0 Å². The molecule has 1 fully saturated rings. The maximum Gasteiger partial charge on any atom is 0.237 e. The van der Waals surface area contributed by atoms with Gasteiger partial charge in [0.2, 0.25) is 11.8 Å². The van der Waals surface area contributed by atoms with Gasteiger partial charge in [-0.05, 0) is 32.4 Å². The van der Waals surface area contributed by atoms with Crippen LogP contribution in [-0.4, -0.2) is 63.9 Å². The number of nitrogens with one attached hydrogen (secondary N) is 2. The third kappa shape index (κ3) is 5.16. The fourth-order valence-electron chi connectivity index (χ4n) is 3.29. The minimum Gasteiger partial charge on any atom is -0.356 e. The summed E-state index contributed by atoms with van der Waals surface area (Å²) < 4.78 is 1.84. The molecule has 150 valence electrons. The standard InChI is InChI=1S/C20H28N6O2/c1-15(2)8-12-25-13-10-22-20(28)18(25)14-19(27)21-9-5-11-26-17-7-4-3-6-16(17)23-24-26/h3-4,6-8,18H,5,9-14H2,1-2H3,(H,21,27)(H,22,28). The number of para-hydroxylation sites is 1. The Bertz CT molecular complexity index is 855. The van der Waals surface area contributed by atoms with Gasteiger partial charge in [0, 0.05) is 32.7 Å². The molecule has 8 nitrogen and oxygen atoms in total. The number of hydrogen-bond donors (Lipinski definition) is 2. The van der Waals surface area contributed by atoms with Gasteiger partial charge in [-0.3, -0.25) is 14.5 Å². The fraction of sp³-hybridized carbons (Fsp3) is 0.500. The third-order valence-electron chi connectivity index (χ3n) is 4.84. The first-order valence-corrected chi connectivity index (χ1v) is 9.74. The minimum absolute atomic E-state index is 0.0716. The summed E-state index contributed by atoms with van der Waals surface area (Å²) in [6.45, 7) is 7.35. The number of allylic oxidation sites excluding steroid dienone is 1. The molecule has 1 unspecified atom stereocenters. The van der Waals surface area contributed by atoms with Gasteiger partial charge < -0.3 is 10.6 Å². The van der Waals surface area contributed by atoms with E-state index in [1.165, 1.54) is 5.57 Å². The van der Waals surface area contributed by atoms with Crippen molar-refractivity contribution in [3.63, 3.8) is 0 Å². The predicted octanol–water partition coefficient (Wildman–Crippen LogP) is 1.09. The lowest BCUT2D eigenvalue weighted by atomic mass is 10.1. The van der Waals surface area contributed by atoms with E-state index in [4.69, 9.17) is 0 Å². The van der Waals surface area contributed by atoms with Crippen LogP contribution in [-0.2, 0) is 16.1 Å². The number of hydrogen-bond acceptors (Lipinski definition) is 5. The second-order valence-electron chi connectivity index (χ2n) is 7.29. The summed E-state index contributed by atoms with van der Waals surface area (Å²) in [7, 11) is 0. The van der Waals surface area contributed by atoms with Crippen molar-refractivity contribution in [2.24, 2.45) is 0 Å². The molecule has 8 heteroatoms. The van der Waals surface area contributed by atoms with Crippen LogP contribution >= 0.6 is 0 Å². The lowest BCUT2D eigenvalue weighted by molar-refractivity contribution is -0.133. The normalized spacial score (nSPS) is 17.4.